The number of benzene rings is 1. The van der Waals surface area contributed by atoms with Gasteiger partial charge in [-0.05, 0) is 33.1 Å². The van der Waals surface area contributed by atoms with Gasteiger partial charge in [-0.2, -0.15) is 0 Å². The van der Waals surface area contributed by atoms with Gasteiger partial charge in [-0.15, -0.1) is 0 Å². The average molecular weight is 251 g/mol. The summed E-state index contributed by atoms with van der Waals surface area (Å²) >= 11 is 0. The van der Waals surface area contributed by atoms with Crippen LogP contribution < -0.4 is 5.73 Å². The predicted molar refractivity (Wildman–Crippen MR) is 71.8 cm³/mol. The molecule has 0 amide bonds. The largest absolute Gasteiger partial charge is 0.329 e. The molecule has 1 heterocycles. The summed E-state index contributed by atoms with van der Waals surface area (Å²) < 4.78 is 13.7. The van der Waals surface area contributed by atoms with Crippen molar-refractivity contribution in [2.75, 3.05) is 33.7 Å². The fraction of sp³-hybridized carbons (Fsp3) is 0.571. The highest BCUT2D eigenvalue weighted by molar-refractivity contribution is 5.18. The van der Waals surface area contributed by atoms with Crippen molar-refractivity contribution in [1.29, 1.82) is 0 Å². The van der Waals surface area contributed by atoms with Crippen molar-refractivity contribution in [3.8, 4) is 0 Å². The summed E-state index contributed by atoms with van der Waals surface area (Å²) in [6, 6.07) is 6.96. The Morgan fingerprint density at radius 2 is 2.17 bits per heavy atom. The Morgan fingerprint density at radius 3 is 2.72 bits per heavy atom. The Balaban J connectivity index is 2.11. The summed E-state index contributed by atoms with van der Waals surface area (Å²) in [6.45, 7) is 3.23. The zero-order chi connectivity index (χ0) is 13.2. The van der Waals surface area contributed by atoms with Crippen molar-refractivity contribution in [3.05, 3.63) is 35.6 Å². The fourth-order valence-electron chi connectivity index (χ4n) is 2.74. The first-order chi connectivity index (χ1) is 8.57. The smallest absolute Gasteiger partial charge is 0.127 e. The second-order valence-corrected chi connectivity index (χ2v) is 5.36. The van der Waals surface area contributed by atoms with Gasteiger partial charge in [-0.25, -0.2) is 4.39 Å². The molecule has 4 heteroatoms. The van der Waals surface area contributed by atoms with Crippen LogP contribution in [0, 0.1) is 5.82 Å². The third-order valence-corrected chi connectivity index (χ3v) is 4.08. The van der Waals surface area contributed by atoms with E-state index in [-0.39, 0.29) is 11.4 Å². The van der Waals surface area contributed by atoms with Crippen LogP contribution >= 0.6 is 0 Å². The first-order valence-corrected chi connectivity index (χ1v) is 6.41. The molecular weight excluding hydrogens is 229 g/mol. The van der Waals surface area contributed by atoms with Crippen LogP contribution in [0.3, 0.4) is 0 Å². The Kier molecular flexibility index (Phi) is 4.00. The number of nitrogens with two attached hydrogens (primary N) is 1. The molecular formula is C14H22FN3. The molecule has 2 N–H and O–H groups in total. The molecule has 3 nitrogen and oxygen atoms in total. The third kappa shape index (κ3) is 2.55. The van der Waals surface area contributed by atoms with Gasteiger partial charge < -0.3 is 10.6 Å². The topological polar surface area (TPSA) is 32.5 Å². The third-order valence-electron chi connectivity index (χ3n) is 4.08. The van der Waals surface area contributed by atoms with E-state index in [0.29, 0.717) is 13.1 Å². The molecule has 1 unspecified atom stereocenters. The van der Waals surface area contributed by atoms with Gasteiger partial charge in [0.2, 0.25) is 0 Å². The normalized spacial score (nSPS) is 24.9. The van der Waals surface area contributed by atoms with E-state index >= 15 is 0 Å². The highest BCUT2D eigenvalue weighted by Crippen LogP contribution is 2.27. The number of likely N-dealkylation sites (N-methyl/N-ethyl adjacent to an activating group) is 2. The molecule has 1 aliphatic rings. The van der Waals surface area contributed by atoms with Crippen LogP contribution in [-0.4, -0.2) is 49.1 Å². The minimum Gasteiger partial charge on any atom is -0.329 e. The molecule has 1 atom stereocenters. The SMILES string of the molecule is CN1CCC(CN)(N(C)Cc2ccccc2F)C1. The summed E-state index contributed by atoms with van der Waals surface area (Å²) in [4.78, 5) is 4.49. The first-order valence-electron chi connectivity index (χ1n) is 6.41. The van der Waals surface area contributed by atoms with Crippen LogP contribution in [0.5, 0.6) is 0 Å². The molecule has 0 saturated carbocycles. The maximum absolute atomic E-state index is 13.7. The van der Waals surface area contributed by atoms with Crippen LogP contribution in [0.4, 0.5) is 4.39 Å². The first kappa shape index (κ1) is 13.5. The van der Waals surface area contributed by atoms with Gasteiger partial charge in [0.1, 0.15) is 5.82 Å². The Hall–Kier alpha value is -0.970. The minimum atomic E-state index is -0.136. The van der Waals surface area contributed by atoms with E-state index in [2.05, 4.69) is 16.8 Å². The standard InChI is InChI=1S/C14H22FN3/c1-17-8-7-14(10-16,11-17)18(2)9-12-5-3-4-6-13(12)15/h3-6H,7-11,16H2,1-2H3. The van der Waals surface area contributed by atoms with E-state index in [4.69, 9.17) is 5.73 Å². The summed E-state index contributed by atoms with van der Waals surface area (Å²) in [5, 5.41) is 0. The van der Waals surface area contributed by atoms with Crippen LogP contribution in [-0.2, 0) is 6.54 Å². The van der Waals surface area contributed by atoms with Crippen LogP contribution in [0.1, 0.15) is 12.0 Å². The molecule has 0 aliphatic carbocycles. The van der Waals surface area contributed by atoms with Gasteiger partial charge in [-0.1, -0.05) is 18.2 Å². The van der Waals surface area contributed by atoms with Crippen molar-refractivity contribution >= 4 is 0 Å². The highest BCUT2D eigenvalue weighted by atomic mass is 19.1. The van der Waals surface area contributed by atoms with Crippen molar-refractivity contribution in [1.82, 2.24) is 9.80 Å². The van der Waals surface area contributed by atoms with Crippen LogP contribution in [0.15, 0.2) is 24.3 Å². The number of hydrogen-bond acceptors (Lipinski definition) is 3. The number of nitrogens with zero attached hydrogens (tertiary/aromatic N) is 2. The molecule has 100 valence electrons. The summed E-state index contributed by atoms with van der Waals surface area (Å²) in [6.07, 6.45) is 1.05. The monoisotopic (exact) mass is 251 g/mol. The van der Waals surface area contributed by atoms with E-state index in [9.17, 15) is 4.39 Å². The second kappa shape index (κ2) is 5.34. The minimum absolute atomic E-state index is 0.0168. The summed E-state index contributed by atoms with van der Waals surface area (Å²) in [7, 11) is 4.15. The van der Waals surface area contributed by atoms with E-state index in [1.807, 2.05) is 19.2 Å². The quantitative estimate of drug-likeness (QED) is 0.875. The molecule has 0 aromatic heterocycles. The fourth-order valence-corrected chi connectivity index (χ4v) is 2.74. The molecule has 18 heavy (non-hydrogen) atoms. The molecule has 0 radical (unpaired) electrons. The van der Waals surface area contributed by atoms with Gasteiger partial charge in [0.05, 0.1) is 0 Å². The van der Waals surface area contributed by atoms with Crippen LogP contribution in [0.25, 0.3) is 0 Å². The molecule has 1 fully saturated rings. The number of halogens is 1. The molecule has 1 aliphatic heterocycles. The molecule has 2 rings (SSSR count). The second-order valence-electron chi connectivity index (χ2n) is 5.36. The van der Waals surface area contributed by atoms with Gasteiger partial charge in [0, 0.05) is 30.7 Å². The summed E-state index contributed by atoms with van der Waals surface area (Å²) in [5.41, 5.74) is 6.68. The van der Waals surface area contributed by atoms with Crippen LogP contribution in [0.2, 0.25) is 0 Å². The van der Waals surface area contributed by atoms with Gasteiger partial charge in [0.25, 0.3) is 0 Å². The maximum Gasteiger partial charge on any atom is 0.127 e. The van der Waals surface area contributed by atoms with Crippen molar-refractivity contribution in [2.45, 2.75) is 18.5 Å². The van der Waals surface area contributed by atoms with Gasteiger partial charge in [-0.3, -0.25) is 4.90 Å². The lowest BCUT2D eigenvalue weighted by molar-refractivity contribution is 0.124. The van der Waals surface area contributed by atoms with E-state index < -0.39 is 0 Å². The zero-order valence-electron chi connectivity index (χ0n) is 11.2. The predicted octanol–water partition coefficient (Wildman–Crippen LogP) is 1.29. The molecule has 1 aromatic rings. The van der Waals surface area contributed by atoms with Gasteiger partial charge >= 0.3 is 0 Å². The molecule has 1 aromatic carbocycles. The average Bonchev–Trinajstić information content (AvgIpc) is 2.75. The Labute approximate surface area is 108 Å². The lowest BCUT2D eigenvalue weighted by Crippen LogP contribution is -2.53. The van der Waals surface area contributed by atoms with E-state index in [0.717, 1.165) is 25.1 Å². The lowest BCUT2D eigenvalue weighted by Gasteiger charge is -2.38. The van der Waals surface area contributed by atoms with Crippen molar-refractivity contribution in [2.24, 2.45) is 5.73 Å². The number of likely N-dealkylation sites (tertiary alicyclic amines) is 1. The maximum atomic E-state index is 13.7. The Bertz CT molecular complexity index is 410. The lowest BCUT2D eigenvalue weighted by atomic mass is 9.96. The number of rotatable bonds is 4. The van der Waals surface area contributed by atoms with E-state index in [1.54, 1.807) is 6.07 Å². The van der Waals surface area contributed by atoms with E-state index in [1.165, 1.54) is 6.07 Å². The van der Waals surface area contributed by atoms with Crippen molar-refractivity contribution < 1.29 is 4.39 Å². The highest BCUT2D eigenvalue weighted by Gasteiger charge is 2.39. The van der Waals surface area contributed by atoms with Crippen molar-refractivity contribution in [3.63, 3.8) is 0 Å². The molecule has 0 spiro atoms. The zero-order valence-corrected chi connectivity index (χ0v) is 11.2. The molecule has 1 saturated heterocycles. The number of hydrogen-bond donors (Lipinski definition) is 1. The van der Waals surface area contributed by atoms with Gasteiger partial charge in [0.15, 0.2) is 0 Å². The Morgan fingerprint density at radius 1 is 1.44 bits per heavy atom. The summed E-state index contributed by atoms with van der Waals surface area (Å²) in [5.74, 6) is -0.136. The molecule has 0 bridgehead atoms.